The third-order valence-corrected chi connectivity index (χ3v) is 10.3. The molecule has 2 atom stereocenters. The lowest BCUT2D eigenvalue weighted by Crippen LogP contribution is -2.55. The fourth-order valence-corrected chi connectivity index (χ4v) is 9.42. The van der Waals surface area contributed by atoms with E-state index in [0.29, 0.717) is 37.6 Å². The van der Waals surface area contributed by atoms with Crippen LogP contribution >= 0.6 is 0 Å². The van der Waals surface area contributed by atoms with Crippen LogP contribution in [0, 0.1) is 5.82 Å². The van der Waals surface area contributed by atoms with Crippen molar-refractivity contribution in [1.82, 2.24) is 4.90 Å². The summed E-state index contributed by atoms with van der Waals surface area (Å²) in [4.78, 5) is 3.93. The number of halogens is 1. The second-order valence-electron chi connectivity index (χ2n) is 8.84. The van der Waals surface area contributed by atoms with Gasteiger partial charge in [0.2, 0.25) is 0 Å². The number of nitrogens with zero attached hydrogens (tertiary/aromatic N) is 2. The monoisotopic (exact) mass is 496 g/mol. The molecule has 2 heterocycles. The lowest BCUT2D eigenvalue weighted by Gasteiger charge is -2.40. The van der Waals surface area contributed by atoms with Crippen molar-refractivity contribution < 1.29 is 26.0 Å². The predicted octanol–water partition coefficient (Wildman–Crippen LogP) is 2.37. The molecule has 0 N–H and O–H groups in total. The molecule has 33 heavy (non-hydrogen) atoms. The number of ether oxygens (including phenoxy) is 1. The minimum Gasteiger partial charge on any atom is -0.491 e. The molecular weight excluding hydrogens is 467 g/mol. The molecule has 0 amide bonds. The first-order chi connectivity index (χ1) is 15.6. The molecule has 2 fully saturated rings. The van der Waals surface area contributed by atoms with Crippen molar-refractivity contribution in [3.05, 3.63) is 54.3 Å². The van der Waals surface area contributed by atoms with Crippen LogP contribution in [0.15, 0.2) is 53.4 Å². The Morgan fingerprint density at radius 2 is 1.61 bits per heavy atom. The highest BCUT2D eigenvalue weighted by Crippen LogP contribution is 2.31. The Morgan fingerprint density at radius 3 is 2.21 bits per heavy atom. The first-order valence-corrected chi connectivity index (χ1v) is 14.4. The normalized spacial score (nSPS) is 23.7. The Balaban J connectivity index is 1.53. The minimum absolute atomic E-state index is 0.0418. The molecular formula is C23H29FN2O5S2. The molecule has 2 aromatic carbocycles. The van der Waals surface area contributed by atoms with Crippen molar-refractivity contribution in [2.75, 3.05) is 42.6 Å². The van der Waals surface area contributed by atoms with Crippen LogP contribution in [0.2, 0.25) is 0 Å². The molecule has 180 valence electrons. The second kappa shape index (κ2) is 9.23. The van der Waals surface area contributed by atoms with Gasteiger partial charge in [-0.15, -0.1) is 0 Å². The van der Waals surface area contributed by atoms with Gasteiger partial charge in [0.15, 0.2) is 19.7 Å². The molecule has 2 saturated heterocycles. The van der Waals surface area contributed by atoms with Crippen LogP contribution in [0.1, 0.15) is 13.8 Å². The molecule has 0 saturated carbocycles. The summed E-state index contributed by atoms with van der Waals surface area (Å²) >= 11 is 0. The Kier molecular flexibility index (Phi) is 6.70. The van der Waals surface area contributed by atoms with Gasteiger partial charge in [0.05, 0.1) is 33.4 Å². The van der Waals surface area contributed by atoms with E-state index in [1.54, 1.807) is 30.3 Å². The summed E-state index contributed by atoms with van der Waals surface area (Å²) in [6.07, 6.45) is -0.0418. The SMILES string of the molecule is CC(C)Oc1ccc(S(=O)(=O)[C@H]2CS(=O)(=O)C[C@@H]2N2CCN(c3ccccc3F)CC2)cc1. The van der Waals surface area contributed by atoms with Crippen molar-refractivity contribution >= 4 is 25.4 Å². The van der Waals surface area contributed by atoms with Crippen molar-refractivity contribution in [1.29, 1.82) is 0 Å². The van der Waals surface area contributed by atoms with E-state index in [1.165, 1.54) is 18.2 Å². The Hall–Kier alpha value is -2.17. The summed E-state index contributed by atoms with van der Waals surface area (Å²) < 4.78 is 71.6. The number of benzene rings is 2. The molecule has 0 bridgehead atoms. The lowest BCUT2D eigenvalue weighted by atomic mass is 10.1. The Bertz CT molecular complexity index is 1190. The van der Waals surface area contributed by atoms with Gasteiger partial charge in [-0.05, 0) is 50.2 Å². The summed E-state index contributed by atoms with van der Waals surface area (Å²) in [6.45, 7) is 5.66. The molecule has 4 rings (SSSR count). The standard InChI is InChI=1S/C23H29FN2O5S2/c1-17(2)31-18-7-9-19(10-8-18)33(29,30)23-16-32(27,28)15-22(23)26-13-11-25(12-14-26)21-6-4-3-5-20(21)24/h3-10,17,22-23H,11-16H2,1-2H3/t22-,23-/m0/s1. The summed E-state index contributed by atoms with van der Waals surface area (Å²) in [5.74, 6) is -0.327. The summed E-state index contributed by atoms with van der Waals surface area (Å²) in [5, 5.41) is -1.04. The number of hydrogen-bond donors (Lipinski definition) is 0. The molecule has 0 radical (unpaired) electrons. The predicted molar refractivity (Wildman–Crippen MR) is 126 cm³/mol. The maximum atomic E-state index is 14.2. The van der Waals surface area contributed by atoms with Gasteiger partial charge in [0.1, 0.15) is 11.6 Å². The molecule has 10 heteroatoms. The third-order valence-electron chi connectivity index (χ3n) is 6.17. The molecule has 0 aromatic heterocycles. The first kappa shape index (κ1) is 24.0. The van der Waals surface area contributed by atoms with Crippen LogP contribution < -0.4 is 9.64 Å². The van der Waals surface area contributed by atoms with Gasteiger partial charge < -0.3 is 9.64 Å². The molecule has 0 unspecified atom stereocenters. The van der Waals surface area contributed by atoms with E-state index in [2.05, 4.69) is 0 Å². The lowest BCUT2D eigenvalue weighted by molar-refractivity contribution is 0.201. The fourth-order valence-electron chi connectivity index (χ4n) is 4.59. The highest BCUT2D eigenvalue weighted by Gasteiger charge is 2.48. The number of hydrogen-bond acceptors (Lipinski definition) is 7. The third kappa shape index (κ3) is 5.17. The highest BCUT2D eigenvalue weighted by atomic mass is 32.2. The van der Waals surface area contributed by atoms with Gasteiger partial charge >= 0.3 is 0 Å². The fraction of sp³-hybridized carbons (Fsp3) is 0.478. The molecule has 2 aliphatic heterocycles. The van der Waals surface area contributed by atoms with E-state index in [-0.39, 0.29) is 22.6 Å². The van der Waals surface area contributed by atoms with E-state index < -0.39 is 36.7 Å². The summed E-state index contributed by atoms with van der Waals surface area (Å²) in [5.41, 5.74) is 0.504. The van der Waals surface area contributed by atoms with Gasteiger partial charge in [-0.2, -0.15) is 0 Å². The zero-order valence-electron chi connectivity index (χ0n) is 18.7. The van der Waals surface area contributed by atoms with Crippen molar-refractivity contribution in [3.63, 3.8) is 0 Å². The molecule has 2 aliphatic rings. The number of piperazine rings is 1. The summed E-state index contributed by atoms with van der Waals surface area (Å²) in [7, 11) is -7.38. The molecule has 2 aromatic rings. The van der Waals surface area contributed by atoms with Crippen LogP contribution in [-0.2, 0) is 19.7 Å². The van der Waals surface area contributed by atoms with Crippen LogP contribution in [0.5, 0.6) is 5.75 Å². The minimum atomic E-state index is -3.88. The van der Waals surface area contributed by atoms with E-state index >= 15 is 0 Å². The number of sulfone groups is 2. The first-order valence-electron chi connectivity index (χ1n) is 11.0. The zero-order valence-corrected chi connectivity index (χ0v) is 20.4. The van der Waals surface area contributed by atoms with Crippen LogP contribution in [-0.4, -0.2) is 76.8 Å². The maximum absolute atomic E-state index is 14.2. The van der Waals surface area contributed by atoms with E-state index in [4.69, 9.17) is 4.74 Å². The van der Waals surface area contributed by atoms with Crippen molar-refractivity contribution in [2.45, 2.75) is 36.1 Å². The largest absolute Gasteiger partial charge is 0.491 e. The van der Waals surface area contributed by atoms with E-state index in [1.807, 2.05) is 23.6 Å². The van der Waals surface area contributed by atoms with Gasteiger partial charge in [-0.1, -0.05) is 12.1 Å². The van der Waals surface area contributed by atoms with E-state index in [0.717, 1.165) is 0 Å². The Labute approximate surface area is 195 Å². The Morgan fingerprint density at radius 1 is 0.970 bits per heavy atom. The molecule has 0 spiro atoms. The number of rotatable bonds is 6. The quantitative estimate of drug-likeness (QED) is 0.607. The smallest absolute Gasteiger partial charge is 0.183 e. The van der Waals surface area contributed by atoms with Gasteiger partial charge in [-0.3, -0.25) is 4.90 Å². The topological polar surface area (TPSA) is 84.0 Å². The van der Waals surface area contributed by atoms with Crippen molar-refractivity contribution in [2.24, 2.45) is 0 Å². The average molecular weight is 497 g/mol. The zero-order chi connectivity index (χ0) is 23.8. The van der Waals surface area contributed by atoms with Crippen molar-refractivity contribution in [3.8, 4) is 5.75 Å². The highest BCUT2D eigenvalue weighted by molar-refractivity contribution is 7.96. The molecule has 0 aliphatic carbocycles. The average Bonchev–Trinajstić information content (AvgIpc) is 3.10. The number of para-hydroxylation sites is 1. The van der Waals surface area contributed by atoms with Gasteiger partial charge in [0, 0.05) is 32.2 Å². The van der Waals surface area contributed by atoms with Crippen LogP contribution in [0.4, 0.5) is 10.1 Å². The molecule has 7 nitrogen and oxygen atoms in total. The van der Waals surface area contributed by atoms with Crippen LogP contribution in [0.3, 0.4) is 0 Å². The maximum Gasteiger partial charge on any atom is 0.183 e. The summed E-state index contributed by atoms with van der Waals surface area (Å²) in [6, 6.07) is 12.0. The second-order valence-corrected chi connectivity index (χ2v) is 13.2. The van der Waals surface area contributed by atoms with E-state index in [9.17, 15) is 21.2 Å². The van der Waals surface area contributed by atoms with Gasteiger partial charge in [0.25, 0.3) is 0 Å². The van der Waals surface area contributed by atoms with Gasteiger partial charge in [-0.25, -0.2) is 21.2 Å². The number of anilines is 1. The van der Waals surface area contributed by atoms with Crippen LogP contribution in [0.25, 0.3) is 0 Å².